The van der Waals surface area contributed by atoms with Crippen molar-refractivity contribution in [1.82, 2.24) is 10.2 Å². The van der Waals surface area contributed by atoms with Crippen LogP contribution in [0.25, 0.3) is 0 Å². The number of amides is 1. The molecular weight excluding hydrogens is 224 g/mol. The number of carbonyl (C=O) groups is 1. The molecule has 1 atom stereocenters. The largest absolute Gasteiger partial charge is 0.341 e. The number of nitrogens with zero attached hydrogens (tertiary/aromatic N) is 1. The van der Waals surface area contributed by atoms with Gasteiger partial charge in [-0.1, -0.05) is 29.8 Å². The molecule has 2 rings (SSSR count). The molecular formula is C15H22N2O. The lowest BCUT2D eigenvalue weighted by Gasteiger charge is -2.28. The first-order chi connectivity index (χ1) is 8.51. The van der Waals surface area contributed by atoms with Gasteiger partial charge < -0.3 is 10.2 Å². The highest BCUT2D eigenvalue weighted by Gasteiger charge is 2.38. The van der Waals surface area contributed by atoms with Crippen LogP contribution in [0.3, 0.4) is 0 Å². The second-order valence-electron chi connectivity index (χ2n) is 5.64. The first-order valence-electron chi connectivity index (χ1n) is 6.53. The van der Waals surface area contributed by atoms with Crippen LogP contribution in [0.1, 0.15) is 24.5 Å². The van der Waals surface area contributed by atoms with Crippen LogP contribution in [0.15, 0.2) is 24.3 Å². The highest BCUT2D eigenvalue weighted by molar-refractivity contribution is 5.82. The lowest BCUT2D eigenvalue weighted by atomic mass is 9.88. The number of carbonyl (C=O) groups excluding carboxylic acids is 1. The highest BCUT2D eigenvalue weighted by atomic mass is 16.2. The van der Waals surface area contributed by atoms with Gasteiger partial charge in [-0.25, -0.2) is 0 Å². The average molecular weight is 246 g/mol. The van der Waals surface area contributed by atoms with E-state index in [0.717, 1.165) is 19.5 Å². The van der Waals surface area contributed by atoms with Crippen LogP contribution in [0, 0.1) is 12.3 Å². The van der Waals surface area contributed by atoms with E-state index in [1.807, 2.05) is 18.0 Å². The smallest absolute Gasteiger partial charge is 0.229 e. The summed E-state index contributed by atoms with van der Waals surface area (Å²) in [7, 11) is 1.90. The Bertz CT molecular complexity index is 436. The third-order valence-corrected chi connectivity index (χ3v) is 3.73. The molecule has 1 fully saturated rings. The maximum Gasteiger partial charge on any atom is 0.229 e. The van der Waals surface area contributed by atoms with Gasteiger partial charge in [-0.05, 0) is 32.4 Å². The Balaban J connectivity index is 2.03. The van der Waals surface area contributed by atoms with Crippen molar-refractivity contribution in [3.05, 3.63) is 35.4 Å². The highest BCUT2D eigenvalue weighted by Crippen LogP contribution is 2.27. The summed E-state index contributed by atoms with van der Waals surface area (Å²) >= 11 is 0. The fourth-order valence-electron chi connectivity index (χ4n) is 2.62. The van der Waals surface area contributed by atoms with E-state index in [2.05, 4.69) is 37.4 Å². The zero-order valence-electron chi connectivity index (χ0n) is 11.5. The molecule has 1 aromatic rings. The number of aryl methyl sites for hydroxylation is 1. The Morgan fingerprint density at radius 3 is 2.89 bits per heavy atom. The van der Waals surface area contributed by atoms with Crippen molar-refractivity contribution in [2.24, 2.45) is 5.41 Å². The lowest BCUT2D eigenvalue weighted by molar-refractivity contribution is -0.139. The molecule has 3 heteroatoms. The van der Waals surface area contributed by atoms with Crippen molar-refractivity contribution >= 4 is 5.91 Å². The van der Waals surface area contributed by atoms with Crippen LogP contribution in [0.5, 0.6) is 0 Å². The summed E-state index contributed by atoms with van der Waals surface area (Å²) in [6, 6.07) is 8.33. The SMILES string of the molecule is Cc1cccc(CN(C)C(=O)C2(C)CCNC2)c1. The maximum absolute atomic E-state index is 12.4. The summed E-state index contributed by atoms with van der Waals surface area (Å²) in [5.41, 5.74) is 2.21. The molecule has 0 radical (unpaired) electrons. The molecule has 1 amide bonds. The molecule has 1 aliphatic rings. The van der Waals surface area contributed by atoms with E-state index in [4.69, 9.17) is 0 Å². The lowest BCUT2D eigenvalue weighted by Crippen LogP contribution is -2.41. The van der Waals surface area contributed by atoms with E-state index in [0.29, 0.717) is 6.54 Å². The summed E-state index contributed by atoms with van der Waals surface area (Å²) in [6.45, 7) is 6.57. The predicted octanol–water partition coefficient (Wildman–Crippen LogP) is 1.95. The monoisotopic (exact) mass is 246 g/mol. The first kappa shape index (κ1) is 13.1. The van der Waals surface area contributed by atoms with Gasteiger partial charge in [0.15, 0.2) is 0 Å². The molecule has 1 heterocycles. The van der Waals surface area contributed by atoms with Crippen LogP contribution >= 0.6 is 0 Å². The number of benzene rings is 1. The molecule has 1 saturated heterocycles. The molecule has 1 aliphatic heterocycles. The molecule has 0 bridgehead atoms. The summed E-state index contributed by atoms with van der Waals surface area (Å²) < 4.78 is 0. The fraction of sp³-hybridized carbons (Fsp3) is 0.533. The number of nitrogens with one attached hydrogen (secondary N) is 1. The van der Waals surface area contributed by atoms with Gasteiger partial charge >= 0.3 is 0 Å². The molecule has 1 aromatic carbocycles. The van der Waals surface area contributed by atoms with Gasteiger partial charge in [0.05, 0.1) is 5.41 Å². The zero-order chi connectivity index (χ0) is 13.2. The molecule has 0 spiro atoms. The van der Waals surface area contributed by atoms with E-state index in [1.54, 1.807) is 0 Å². The molecule has 1 N–H and O–H groups in total. The minimum atomic E-state index is -0.224. The van der Waals surface area contributed by atoms with Gasteiger partial charge in [0.25, 0.3) is 0 Å². The van der Waals surface area contributed by atoms with Crippen molar-refractivity contribution in [3.8, 4) is 0 Å². The second-order valence-corrected chi connectivity index (χ2v) is 5.64. The third-order valence-electron chi connectivity index (χ3n) is 3.73. The Kier molecular flexibility index (Phi) is 3.71. The Hall–Kier alpha value is -1.35. The van der Waals surface area contributed by atoms with Crippen molar-refractivity contribution in [2.75, 3.05) is 20.1 Å². The van der Waals surface area contributed by atoms with E-state index in [9.17, 15) is 4.79 Å². The molecule has 1 unspecified atom stereocenters. The van der Waals surface area contributed by atoms with E-state index < -0.39 is 0 Å². The Labute approximate surface area is 109 Å². The van der Waals surface area contributed by atoms with E-state index in [-0.39, 0.29) is 11.3 Å². The topological polar surface area (TPSA) is 32.3 Å². The van der Waals surface area contributed by atoms with Crippen LogP contribution < -0.4 is 5.32 Å². The summed E-state index contributed by atoms with van der Waals surface area (Å²) in [5.74, 6) is 0.244. The Morgan fingerprint density at radius 2 is 2.28 bits per heavy atom. The van der Waals surface area contributed by atoms with Crippen LogP contribution in [-0.2, 0) is 11.3 Å². The van der Waals surface area contributed by atoms with Gasteiger partial charge in [0.1, 0.15) is 0 Å². The fourth-order valence-corrected chi connectivity index (χ4v) is 2.62. The summed E-state index contributed by atoms with van der Waals surface area (Å²) in [4.78, 5) is 14.3. The minimum Gasteiger partial charge on any atom is -0.341 e. The van der Waals surface area contributed by atoms with Crippen LogP contribution in [0.4, 0.5) is 0 Å². The molecule has 0 aliphatic carbocycles. The van der Waals surface area contributed by atoms with Crippen molar-refractivity contribution < 1.29 is 4.79 Å². The first-order valence-corrected chi connectivity index (χ1v) is 6.53. The minimum absolute atomic E-state index is 0.224. The average Bonchev–Trinajstić information content (AvgIpc) is 2.76. The van der Waals surface area contributed by atoms with Crippen molar-refractivity contribution in [2.45, 2.75) is 26.8 Å². The van der Waals surface area contributed by atoms with Crippen LogP contribution in [0.2, 0.25) is 0 Å². The van der Waals surface area contributed by atoms with E-state index >= 15 is 0 Å². The standard InChI is InChI=1S/C15H22N2O/c1-12-5-4-6-13(9-12)10-17(3)14(18)15(2)7-8-16-11-15/h4-6,9,16H,7-8,10-11H2,1-3H3. The normalized spacial score (nSPS) is 23.1. The van der Waals surface area contributed by atoms with Gasteiger partial charge in [-0.15, -0.1) is 0 Å². The summed E-state index contributed by atoms with van der Waals surface area (Å²) in [6.07, 6.45) is 0.935. The number of hydrogen-bond donors (Lipinski definition) is 1. The zero-order valence-corrected chi connectivity index (χ0v) is 11.5. The second kappa shape index (κ2) is 5.11. The summed E-state index contributed by atoms with van der Waals surface area (Å²) in [5, 5.41) is 3.27. The molecule has 18 heavy (non-hydrogen) atoms. The maximum atomic E-state index is 12.4. The van der Waals surface area contributed by atoms with Gasteiger partial charge in [0.2, 0.25) is 5.91 Å². The Morgan fingerprint density at radius 1 is 1.50 bits per heavy atom. The number of hydrogen-bond acceptors (Lipinski definition) is 2. The molecule has 0 aromatic heterocycles. The van der Waals surface area contributed by atoms with Gasteiger partial charge in [-0.2, -0.15) is 0 Å². The van der Waals surface area contributed by atoms with E-state index in [1.165, 1.54) is 11.1 Å². The number of rotatable bonds is 3. The van der Waals surface area contributed by atoms with Crippen LogP contribution in [-0.4, -0.2) is 30.9 Å². The van der Waals surface area contributed by atoms with Crippen molar-refractivity contribution in [1.29, 1.82) is 0 Å². The van der Waals surface area contributed by atoms with Crippen molar-refractivity contribution in [3.63, 3.8) is 0 Å². The molecule has 0 saturated carbocycles. The predicted molar refractivity (Wildman–Crippen MR) is 73.2 cm³/mol. The molecule has 3 nitrogen and oxygen atoms in total. The third kappa shape index (κ3) is 2.72. The van der Waals surface area contributed by atoms with Gasteiger partial charge in [-0.3, -0.25) is 4.79 Å². The van der Waals surface area contributed by atoms with Gasteiger partial charge in [0, 0.05) is 20.1 Å². The molecule has 98 valence electrons. The quantitative estimate of drug-likeness (QED) is 0.884.